The minimum atomic E-state index is -0.262. The van der Waals surface area contributed by atoms with Crippen LogP contribution in [0.2, 0.25) is 0 Å². The van der Waals surface area contributed by atoms with Crippen LogP contribution < -0.4 is 15.4 Å². The smallest absolute Gasteiger partial charge is 0.191 e. The average Bonchev–Trinajstić information content (AvgIpc) is 3.32. The third-order valence-corrected chi connectivity index (χ3v) is 5.88. The molecule has 1 aromatic heterocycles. The predicted molar refractivity (Wildman–Crippen MR) is 115 cm³/mol. The molecule has 2 N–H and O–H groups in total. The van der Waals surface area contributed by atoms with E-state index in [0.29, 0.717) is 26.4 Å². The number of para-hydroxylation sites is 1. The van der Waals surface area contributed by atoms with Crippen molar-refractivity contribution in [2.75, 3.05) is 40.0 Å². The number of furan rings is 1. The first-order chi connectivity index (χ1) is 14.8. The third kappa shape index (κ3) is 5.15. The summed E-state index contributed by atoms with van der Waals surface area (Å²) in [7, 11) is 1.77. The number of methoxy groups -OCH3 is 1. The van der Waals surface area contributed by atoms with E-state index in [2.05, 4.69) is 16.7 Å². The van der Waals surface area contributed by atoms with Crippen LogP contribution >= 0.6 is 0 Å². The van der Waals surface area contributed by atoms with E-state index in [9.17, 15) is 0 Å². The van der Waals surface area contributed by atoms with Gasteiger partial charge in [-0.2, -0.15) is 0 Å². The summed E-state index contributed by atoms with van der Waals surface area (Å²) in [6, 6.07) is 12.2. The molecule has 30 heavy (non-hydrogen) atoms. The number of fused-ring (bicyclic) bond motifs is 1. The molecule has 7 nitrogen and oxygen atoms in total. The molecule has 4 rings (SSSR count). The second-order valence-electron chi connectivity index (χ2n) is 7.79. The summed E-state index contributed by atoms with van der Waals surface area (Å²) < 4.78 is 22.6. The van der Waals surface area contributed by atoms with E-state index in [1.54, 1.807) is 13.4 Å². The van der Waals surface area contributed by atoms with E-state index < -0.39 is 0 Å². The number of aliphatic imine (C=N–C) groups is 1. The standard InChI is InChI=1S/C23H31N3O4/c1-27-23(10-15-28-16-11-23)17-25-22(24-12-8-18-5-4-13-29-18)26-20-9-14-30-21-7-3-2-6-19(20)21/h2-7,13,20H,8-12,14-17H2,1H3,(H2,24,25,26). The first kappa shape index (κ1) is 20.8. The van der Waals surface area contributed by atoms with Crippen molar-refractivity contribution in [3.8, 4) is 5.75 Å². The SMILES string of the molecule is COC1(CN=C(NCCc2ccco2)NC2CCOc3ccccc32)CCOCC1. The Morgan fingerprint density at radius 1 is 1.17 bits per heavy atom. The van der Waals surface area contributed by atoms with Gasteiger partial charge in [-0.1, -0.05) is 18.2 Å². The summed E-state index contributed by atoms with van der Waals surface area (Å²) >= 11 is 0. The molecule has 1 atom stereocenters. The van der Waals surface area contributed by atoms with E-state index in [-0.39, 0.29) is 11.6 Å². The third-order valence-electron chi connectivity index (χ3n) is 5.88. The van der Waals surface area contributed by atoms with Gasteiger partial charge in [0.05, 0.1) is 31.1 Å². The zero-order chi connectivity index (χ0) is 20.7. The lowest BCUT2D eigenvalue weighted by Gasteiger charge is -2.35. The predicted octanol–water partition coefficient (Wildman–Crippen LogP) is 3.08. The largest absolute Gasteiger partial charge is 0.493 e. The minimum absolute atomic E-state index is 0.151. The van der Waals surface area contributed by atoms with Crippen LogP contribution in [-0.4, -0.2) is 51.6 Å². The van der Waals surface area contributed by atoms with E-state index in [1.165, 1.54) is 0 Å². The number of rotatable bonds is 7. The van der Waals surface area contributed by atoms with Crippen LogP contribution in [0.15, 0.2) is 52.1 Å². The Balaban J connectivity index is 1.46. The van der Waals surface area contributed by atoms with Crippen LogP contribution in [0.25, 0.3) is 0 Å². The number of nitrogens with zero attached hydrogens (tertiary/aromatic N) is 1. The quantitative estimate of drug-likeness (QED) is 0.537. The van der Waals surface area contributed by atoms with Gasteiger partial charge < -0.3 is 29.3 Å². The van der Waals surface area contributed by atoms with Gasteiger partial charge in [0.25, 0.3) is 0 Å². The Labute approximate surface area is 177 Å². The Morgan fingerprint density at radius 3 is 2.83 bits per heavy atom. The summed E-state index contributed by atoms with van der Waals surface area (Å²) in [4.78, 5) is 4.92. The van der Waals surface area contributed by atoms with Crippen LogP contribution in [0.3, 0.4) is 0 Å². The van der Waals surface area contributed by atoms with Gasteiger partial charge in [-0.05, 0) is 18.2 Å². The summed E-state index contributed by atoms with van der Waals surface area (Å²) in [6.07, 6.45) is 5.09. The van der Waals surface area contributed by atoms with Crippen LogP contribution in [-0.2, 0) is 15.9 Å². The fourth-order valence-electron chi connectivity index (χ4n) is 3.96. The minimum Gasteiger partial charge on any atom is -0.493 e. The van der Waals surface area contributed by atoms with E-state index in [1.807, 2.05) is 30.3 Å². The van der Waals surface area contributed by atoms with Gasteiger partial charge in [0.1, 0.15) is 11.5 Å². The van der Waals surface area contributed by atoms with Crippen LogP contribution in [0, 0.1) is 0 Å². The normalized spacial score (nSPS) is 20.8. The van der Waals surface area contributed by atoms with E-state index >= 15 is 0 Å². The summed E-state index contributed by atoms with van der Waals surface area (Å²) in [5.74, 6) is 2.68. The second-order valence-corrected chi connectivity index (χ2v) is 7.79. The molecule has 2 aromatic rings. The highest BCUT2D eigenvalue weighted by molar-refractivity contribution is 5.80. The summed E-state index contributed by atoms with van der Waals surface area (Å²) in [5.41, 5.74) is 0.901. The number of hydrogen-bond acceptors (Lipinski definition) is 5. The molecule has 0 bridgehead atoms. The molecule has 1 aromatic carbocycles. The highest BCUT2D eigenvalue weighted by atomic mass is 16.5. The average molecular weight is 414 g/mol. The number of guanidine groups is 1. The van der Waals surface area contributed by atoms with Gasteiger partial charge in [0, 0.05) is 58.1 Å². The molecule has 0 amide bonds. The highest BCUT2D eigenvalue weighted by Gasteiger charge is 2.32. The van der Waals surface area contributed by atoms with Crippen molar-refractivity contribution >= 4 is 5.96 Å². The van der Waals surface area contributed by atoms with Crippen molar-refractivity contribution in [2.45, 2.75) is 37.3 Å². The number of benzene rings is 1. The number of hydrogen-bond donors (Lipinski definition) is 2. The molecule has 7 heteroatoms. The molecule has 1 saturated heterocycles. The van der Waals surface area contributed by atoms with Crippen LogP contribution in [0.5, 0.6) is 5.75 Å². The van der Waals surface area contributed by atoms with Crippen molar-refractivity contribution in [3.05, 3.63) is 54.0 Å². The molecule has 0 radical (unpaired) electrons. The molecule has 2 aliphatic heterocycles. The first-order valence-corrected chi connectivity index (χ1v) is 10.7. The fourth-order valence-corrected chi connectivity index (χ4v) is 3.96. The van der Waals surface area contributed by atoms with Crippen LogP contribution in [0.4, 0.5) is 0 Å². The monoisotopic (exact) mass is 413 g/mol. The molecule has 0 spiro atoms. The van der Waals surface area contributed by atoms with Crippen molar-refractivity contribution in [2.24, 2.45) is 4.99 Å². The molecular formula is C23H31N3O4. The summed E-state index contributed by atoms with van der Waals surface area (Å²) in [6.45, 7) is 3.44. The molecular weight excluding hydrogens is 382 g/mol. The zero-order valence-electron chi connectivity index (χ0n) is 17.6. The molecule has 162 valence electrons. The van der Waals surface area contributed by atoms with Crippen molar-refractivity contribution < 1.29 is 18.6 Å². The number of ether oxygens (including phenoxy) is 3. The van der Waals surface area contributed by atoms with Crippen molar-refractivity contribution in [1.29, 1.82) is 0 Å². The van der Waals surface area contributed by atoms with Gasteiger partial charge >= 0.3 is 0 Å². The van der Waals surface area contributed by atoms with Crippen molar-refractivity contribution in [3.63, 3.8) is 0 Å². The van der Waals surface area contributed by atoms with E-state index in [4.69, 9.17) is 23.6 Å². The Kier molecular flexibility index (Phi) is 6.92. The van der Waals surface area contributed by atoms with Gasteiger partial charge in [-0.25, -0.2) is 0 Å². The maximum absolute atomic E-state index is 5.86. The molecule has 1 unspecified atom stereocenters. The lowest BCUT2D eigenvalue weighted by Crippen LogP contribution is -2.45. The Hall–Kier alpha value is -2.51. The molecule has 3 heterocycles. The van der Waals surface area contributed by atoms with Gasteiger partial charge in [-0.15, -0.1) is 0 Å². The maximum atomic E-state index is 5.86. The first-order valence-electron chi connectivity index (χ1n) is 10.7. The number of nitrogens with one attached hydrogen (secondary N) is 2. The zero-order valence-corrected chi connectivity index (χ0v) is 17.6. The molecule has 1 fully saturated rings. The lowest BCUT2D eigenvalue weighted by molar-refractivity contribution is -0.0828. The maximum Gasteiger partial charge on any atom is 0.191 e. The molecule has 0 aliphatic carbocycles. The van der Waals surface area contributed by atoms with Crippen LogP contribution in [0.1, 0.15) is 36.6 Å². The molecule has 0 saturated carbocycles. The van der Waals surface area contributed by atoms with Gasteiger partial charge in [0.15, 0.2) is 5.96 Å². The fraction of sp³-hybridized carbons (Fsp3) is 0.522. The molecule has 2 aliphatic rings. The van der Waals surface area contributed by atoms with Crippen molar-refractivity contribution in [1.82, 2.24) is 10.6 Å². The summed E-state index contributed by atoms with van der Waals surface area (Å²) in [5, 5.41) is 7.08. The Morgan fingerprint density at radius 2 is 2.03 bits per heavy atom. The van der Waals surface area contributed by atoms with Gasteiger partial charge in [-0.3, -0.25) is 4.99 Å². The topological polar surface area (TPSA) is 77.2 Å². The van der Waals surface area contributed by atoms with E-state index in [0.717, 1.165) is 55.3 Å². The highest BCUT2D eigenvalue weighted by Crippen LogP contribution is 2.31. The van der Waals surface area contributed by atoms with Gasteiger partial charge in [0.2, 0.25) is 0 Å². The Bertz CT molecular complexity index is 816. The second kappa shape index (κ2) is 10.00. The lowest BCUT2D eigenvalue weighted by atomic mass is 9.94.